The van der Waals surface area contributed by atoms with Gasteiger partial charge in [0.25, 0.3) is 0 Å². The molecule has 0 saturated heterocycles. The molecule has 0 heterocycles. The van der Waals surface area contributed by atoms with Gasteiger partial charge in [-0.05, 0) is 0 Å². The van der Waals surface area contributed by atoms with Crippen LogP contribution < -0.4 is 0 Å². The fraction of sp³-hybridized carbons (Fsp3) is 1.00. The van der Waals surface area contributed by atoms with E-state index >= 15 is 0 Å². The Morgan fingerprint density at radius 3 is 1.70 bits per heavy atom. The van der Waals surface area contributed by atoms with E-state index in [9.17, 15) is 0 Å². The predicted molar refractivity (Wildman–Crippen MR) is 56.2 cm³/mol. The molecule has 0 aromatic heterocycles. The van der Waals surface area contributed by atoms with Gasteiger partial charge in [0.15, 0.2) is 0 Å². The predicted octanol–water partition coefficient (Wildman–Crippen LogP) is 3.45. The van der Waals surface area contributed by atoms with Crippen molar-refractivity contribution in [1.82, 2.24) is 0 Å². The van der Waals surface area contributed by atoms with Crippen LogP contribution in [0.3, 0.4) is 0 Å². The molecule has 0 nitrogen and oxygen atoms in total. The molecule has 5 heteroatoms. The van der Waals surface area contributed by atoms with Crippen molar-refractivity contribution in [2.45, 2.75) is 30.0 Å². The monoisotopic (exact) mass is 326 g/mol. The maximum atomic E-state index is 5.97. The zero-order valence-corrected chi connectivity index (χ0v) is 12.8. The van der Waals surface area contributed by atoms with Gasteiger partial charge in [-0.2, -0.15) is 0 Å². The average molecular weight is 326 g/mol. The summed E-state index contributed by atoms with van der Waals surface area (Å²) < 4.78 is 0.513. The molecule has 0 rings (SSSR count). The first-order valence-corrected chi connectivity index (χ1v) is 18.9. The molecule has 1 unspecified atom stereocenters. The first kappa shape index (κ1) is 11.9. The summed E-state index contributed by atoms with van der Waals surface area (Å²) in [4.78, 5) is 0. The first-order valence-electron chi connectivity index (χ1n) is 3.46. The molecule has 0 aromatic rings. The summed E-state index contributed by atoms with van der Waals surface area (Å²) in [5.41, 5.74) is 0. The van der Waals surface area contributed by atoms with Crippen LogP contribution >= 0.6 is 26.8 Å². The molecule has 0 aliphatic rings. The van der Waals surface area contributed by atoms with Crippen LogP contribution in [0, 0.1) is 0 Å². The third-order valence-electron chi connectivity index (χ3n) is 1.67. The second kappa shape index (κ2) is 4.80. The van der Waals surface area contributed by atoms with Gasteiger partial charge in [-0.15, -0.1) is 0 Å². The normalized spacial score (nSPS) is 15.9. The van der Waals surface area contributed by atoms with Crippen LogP contribution in [0.15, 0.2) is 0 Å². The van der Waals surface area contributed by atoms with Crippen molar-refractivity contribution in [2.75, 3.05) is 0 Å². The van der Waals surface area contributed by atoms with Crippen LogP contribution in [-0.4, -0.2) is 23.8 Å². The van der Waals surface area contributed by atoms with Gasteiger partial charge >= 0.3 is 80.6 Å². The van der Waals surface area contributed by atoms with Crippen molar-refractivity contribution in [2.24, 2.45) is 0 Å². The quantitative estimate of drug-likeness (QED) is 0.697. The van der Waals surface area contributed by atoms with Gasteiger partial charge < -0.3 is 0 Å². The van der Waals surface area contributed by atoms with E-state index in [-0.39, 0.29) is 0 Å². The zero-order valence-electron chi connectivity index (χ0n) is 6.50. The summed E-state index contributed by atoms with van der Waals surface area (Å²) in [6.45, 7) is 6.64. The first-order chi connectivity index (χ1) is 4.39. The van der Waals surface area contributed by atoms with E-state index in [1.54, 1.807) is 0 Å². The average Bonchev–Trinajstić information content (AvgIpc) is 1.60. The molecule has 0 N–H and O–H groups in total. The molecule has 62 valence electrons. The molecular weight excluding hydrogens is 313 g/mol. The molecule has 0 aliphatic carbocycles. The Kier molecular flexibility index (Phi) is 5.71. The molecule has 10 heavy (non-hydrogen) atoms. The molecule has 0 aliphatic heterocycles. The molecule has 1 atom stereocenters. The van der Waals surface area contributed by atoms with Crippen LogP contribution in [-0.2, 0) is 0 Å². The molecule has 0 aromatic carbocycles. The molecule has 0 saturated carbocycles. The Morgan fingerprint density at radius 1 is 1.30 bits per heavy atom. The molecule has 0 amide bonds. The maximum absolute atomic E-state index is 5.97. The standard InChI is InChI=1S/C5H13Si.3ClH.Sn/c1-4-5-6(2)3;;;;/h5-6H,4H2,1-3H3;3*1H;/q;;;;+3/p-3. The molecular formula is C5H13Cl3SiSn. The van der Waals surface area contributed by atoms with Crippen molar-refractivity contribution in [3.63, 3.8) is 0 Å². The molecule has 0 spiro atoms. The summed E-state index contributed by atoms with van der Waals surface area (Å²) >= 11 is -3.06. The molecule has 0 bridgehead atoms. The minimum absolute atomic E-state index is 0.513. The van der Waals surface area contributed by atoms with Crippen LogP contribution in [0.1, 0.15) is 13.3 Å². The second-order valence-corrected chi connectivity index (χ2v) is 29.1. The van der Waals surface area contributed by atoms with Gasteiger partial charge in [0.1, 0.15) is 0 Å². The van der Waals surface area contributed by atoms with Gasteiger partial charge in [-0.3, -0.25) is 0 Å². The number of halogens is 3. The van der Waals surface area contributed by atoms with Gasteiger partial charge in [0.2, 0.25) is 0 Å². The summed E-state index contributed by atoms with van der Waals surface area (Å²) in [5, 5.41) is 0. The van der Waals surface area contributed by atoms with E-state index in [0.29, 0.717) is 3.56 Å². The fourth-order valence-electron chi connectivity index (χ4n) is 1.08. The Hall–Kier alpha value is 1.89. The SMILES string of the molecule is CC[CH]([SiH](C)C)[Sn]([Cl])([Cl])[Cl]. The van der Waals surface area contributed by atoms with Crippen LogP contribution in [0.4, 0.5) is 0 Å². The Bertz CT molecular complexity index is 102. The third kappa shape index (κ3) is 4.05. The van der Waals surface area contributed by atoms with E-state index in [2.05, 4.69) is 20.0 Å². The van der Waals surface area contributed by atoms with Gasteiger partial charge in [0.05, 0.1) is 0 Å². The van der Waals surface area contributed by atoms with Crippen LogP contribution in [0.2, 0.25) is 16.7 Å². The van der Waals surface area contributed by atoms with E-state index in [0.717, 1.165) is 6.42 Å². The number of hydrogen-bond acceptors (Lipinski definition) is 0. The summed E-state index contributed by atoms with van der Waals surface area (Å²) in [7, 11) is 17.2. The van der Waals surface area contributed by atoms with Gasteiger partial charge in [-0.25, -0.2) is 0 Å². The summed E-state index contributed by atoms with van der Waals surface area (Å²) in [5.74, 6) is 0. The Morgan fingerprint density at radius 2 is 1.70 bits per heavy atom. The molecule has 0 radical (unpaired) electrons. The van der Waals surface area contributed by atoms with Crippen LogP contribution in [0.5, 0.6) is 0 Å². The number of hydrogen-bond donors (Lipinski definition) is 0. The Balaban J connectivity index is 4.07. The van der Waals surface area contributed by atoms with Crippen molar-refractivity contribution in [3.8, 4) is 0 Å². The van der Waals surface area contributed by atoms with E-state index < -0.39 is 23.8 Å². The molecule has 0 fully saturated rings. The van der Waals surface area contributed by atoms with Crippen molar-refractivity contribution in [3.05, 3.63) is 0 Å². The number of rotatable bonds is 3. The summed E-state index contributed by atoms with van der Waals surface area (Å²) in [6, 6.07) is 0. The van der Waals surface area contributed by atoms with Crippen molar-refractivity contribution >= 4 is 50.6 Å². The third-order valence-corrected chi connectivity index (χ3v) is 26.3. The topological polar surface area (TPSA) is 0 Å². The van der Waals surface area contributed by atoms with E-state index in [1.807, 2.05) is 0 Å². The summed E-state index contributed by atoms with van der Waals surface area (Å²) in [6.07, 6.45) is 1.07. The Labute approximate surface area is 79.9 Å². The van der Waals surface area contributed by atoms with E-state index in [4.69, 9.17) is 26.8 Å². The van der Waals surface area contributed by atoms with Crippen molar-refractivity contribution in [1.29, 1.82) is 0 Å². The van der Waals surface area contributed by atoms with E-state index in [1.165, 1.54) is 0 Å². The van der Waals surface area contributed by atoms with Gasteiger partial charge in [0, 0.05) is 0 Å². The fourth-order valence-corrected chi connectivity index (χ4v) is 28.9. The zero-order chi connectivity index (χ0) is 8.36. The van der Waals surface area contributed by atoms with Crippen molar-refractivity contribution < 1.29 is 0 Å². The van der Waals surface area contributed by atoms with Crippen LogP contribution in [0.25, 0.3) is 0 Å². The minimum atomic E-state index is -3.06. The van der Waals surface area contributed by atoms with Gasteiger partial charge in [-0.1, -0.05) is 0 Å². The second-order valence-electron chi connectivity index (χ2n) is 2.80.